The van der Waals surface area contributed by atoms with Crippen LogP contribution in [-0.4, -0.2) is 17.2 Å². The number of thioether (sulfide) groups is 1. The quantitative estimate of drug-likeness (QED) is 0.858. The molecule has 0 aromatic heterocycles. The Kier molecular flexibility index (Phi) is 5.02. The molecule has 1 amide bonds. The number of rotatable bonds is 5. The summed E-state index contributed by atoms with van der Waals surface area (Å²) in [5, 5.41) is 3.78. The predicted molar refractivity (Wildman–Crippen MR) is 98.5 cm³/mol. The molecule has 0 spiro atoms. The third kappa shape index (κ3) is 3.43. The van der Waals surface area contributed by atoms with Gasteiger partial charge < -0.3 is 11.1 Å². The van der Waals surface area contributed by atoms with Gasteiger partial charge in [0, 0.05) is 17.5 Å². The van der Waals surface area contributed by atoms with Gasteiger partial charge in [0.15, 0.2) is 0 Å². The molecule has 0 radical (unpaired) electrons. The molecule has 3 N–H and O–H groups in total. The summed E-state index contributed by atoms with van der Waals surface area (Å²) >= 11 is 1.93. The zero-order valence-electron chi connectivity index (χ0n) is 14.3. The highest BCUT2D eigenvalue weighted by Crippen LogP contribution is 2.48. The molecule has 2 aliphatic rings. The average molecular weight is 333 g/mol. The van der Waals surface area contributed by atoms with E-state index in [1.165, 1.54) is 24.0 Å². The van der Waals surface area contributed by atoms with Crippen molar-refractivity contribution in [2.45, 2.75) is 57.1 Å². The minimum absolute atomic E-state index is 0.00171. The Morgan fingerprint density at radius 3 is 2.74 bits per heavy atom. The topological polar surface area (TPSA) is 55.1 Å². The van der Waals surface area contributed by atoms with Crippen molar-refractivity contribution in [3.05, 3.63) is 29.3 Å². The van der Waals surface area contributed by atoms with E-state index in [9.17, 15) is 4.79 Å². The fourth-order valence-electron chi connectivity index (χ4n) is 4.17. The summed E-state index contributed by atoms with van der Waals surface area (Å²) in [4.78, 5) is 12.7. The lowest BCUT2D eigenvalue weighted by atomic mass is 9.84. The molecule has 4 unspecified atom stereocenters. The third-order valence-corrected chi connectivity index (χ3v) is 6.70. The van der Waals surface area contributed by atoms with E-state index in [-0.39, 0.29) is 17.9 Å². The average Bonchev–Trinajstić information content (AvgIpc) is 3.08. The Labute approximate surface area is 143 Å². The lowest BCUT2D eigenvalue weighted by Gasteiger charge is -2.27. The molecule has 2 saturated carbocycles. The van der Waals surface area contributed by atoms with Crippen molar-refractivity contribution < 1.29 is 4.79 Å². The minimum atomic E-state index is 0.00171. The highest BCUT2D eigenvalue weighted by molar-refractivity contribution is 7.99. The highest BCUT2D eigenvalue weighted by Gasteiger charge is 2.49. The van der Waals surface area contributed by atoms with Gasteiger partial charge in [-0.05, 0) is 60.5 Å². The summed E-state index contributed by atoms with van der Waals surface area (Å²) in [6.07, 6.45) is 3.51. The van der Waals surface area contributed by atoms with Crippen LogP contribution < -0.4 is 11.1 Å². The van der Waals surface area contributed by atoms with E-state index in [1.807, 2.05) is 23.9 Å². The number of hydrogen-bond donors (Lipinski definition) is 2. The molecule has 1 aromatic rings. The molecule has 2 aliphatic carbocycles. The Balaban J connectivity index is 1.70. The van der Waals surface area contributed by atoms with Crippen LogP contribution in [0.4, 0.5) is 5.69 Å². The van der Waals surface area contributed by atoms with Crippen LogP contribution in [0.1, 0.15) is 44.2 Å². The van der Waals surface area contributed by atoms with Gasteiger partial charge in [0.2, 0.25) is 5.91 Å². The number of carbonyl (C=O) groups excluding carboxylic acids is 1. The van der Waals surface area contributed by atoms with Gasteiger partial charge in [0.25, 0.3) is 0 Å². The van der Waals surface area contributed by atoms with Crippen LogP contribution in [0.25, 0.3) is 0 Å². The predicted octanol–water partition coefficient (Wildman–Crippen LogP) is 3.95. The van der Waals surface area contributed by atoms with Crippen molar-refractivity contribution in [1.82, 2.24) is 0 Å². The van der Waals surface area contributed by atoms with Crippen LogP contribution in [0.2, 0.25) is 0 Å². The Morgan fingerprint density at radius 2 is 2.09 bits per heavy atom. The molecular formula is C19H28N2OS. The Morgan fingerprint density at radius 1 is 1.35 bits per heavy atom. The Bertz CT molecular complexity index is 585. The summed E-state index contributed by atoms with van der Waals surface area (Å²) in [7, 11) is 0. The normalized spacial score (nSPS) is 29.3. The van der Waals surface area contributed by atoms with Crippen molar-refractivity contribution in [3.8, 4) is 0 Å². The van der Waals surface area contributed by atoms with Crippen LogP contribution >= 0.6 is 11.8 Å². The molecule has 0 saturated heterocycles. The minimum Gasteiger partial charge on any atom is -0.327 e. The lowest BCUT2D eigenvalue weighted by Crippen LogP contribution is -2.42. The summed E-state index contributed by atoms with van der Waals surface area (Å²) < 4.78 is 0. The van der Waals surface area contributed by atoms with Gasteiger partial charge in [-0.2, -0.15) is 11.8 Å². The molecule has 0 heterocycles. The Hall–Kier alpha value is -1.00. The van der Waals surface area contributed by atoms with Gasteiger partial charge in [0.05, 0.1) is 5.92 Å². The lowest BCUT2D eigenvalue weighted by molar-refractivity contribution is -0.121. The van der Waals surface area contributed by atoms with Crippen molar-refractivity contribution in [2.24, 2.45) is 23.5 Å². The molecule has 23 heavy (non-hydrogen) atoms. The monoisotopic (exact) mass is 332 g/mol. The second kappa shape index (κ2) is 6.86. The van der Waals surface area contributed by atoms with Crippen molar-refractivity contribution in [1.29, 1.82) is 0 Å². The van der Waals surface area contributed by atoms with E-state index < -0.39 is 0 Å². The van der Waals surface area contributed by atoms with Gasteiger partial charge in [-0.15, -0.1) is 0 Å². The second-order valence-electron chi connectivity index (χ2n) is 7.38. The van der Waals surface area contributed by atoms with E-state index >= 15 is 0 Å². The summed E-state index contributed by atoms with van der Waals surface area (Å²) in [5.41, 5.74) is 9.74. The highest BCUT2D eigenvalue weighted by atomic mass is 32.2. The van der Waals surface area contributed by atoms with Gasteiger partial charge in [-0.1, -0.05) is 26.0 Å². The van der Waals surface area contributed by atoms with Crippen molar-refractivity contribution in [2.75, 3.05) is 5.32 Å². The zero-order chi connectivity index (χ0) is 16.6. The van der Waals surface area contributed by atoms with Gasteiger partial charge in [-0.25, -0.2) is 0 Å². The molecule has 3 nitrogen and oxygen atoms in total. The van der Waals surface area contributed by atoms with Crippen LogP contribution in [0, 0.1) is 24.7 Å². The van der Waals surface area contributed by atoms with E-state index in [0.717, 1.165) is 17.9 Å². The maximum Gasteiger partial charge on any atom is 0.229 e. The summed E-state index contributed by atoms with van der Waals surface area (Å²) in [5.74, 6) is 2.17. The second-order valence-corrected chi connectivity index (χ2v) is 8.94. The first-order valence-corrected chi connectivity index (χ1v) is 9.78. The maximum absolute atomic E-state index is 12.7. The molecule has 1 aromatic carbocycles. The molecule has 2 bridgehead atoms. The van der Waals surface area contributed by atoms with E-state index in [2.05, 4.69) is 32.2 Å². The molecule has 4 atom stereocenters. The summed E-state index contributed by atoms with van der Waals surface area (Å²) in [6.45, 7) is 6.52. The number of anilines is 1. The number of benzene rings is 1. The van der Waals surface area contributed by atoms with Crippen LogP contribution in [0.15, 0.2) is 18.2 Å². The molecular weight excluding hydrogens is 304 g/mol. The standard InChI is InChI=1S/C19H28N2OS/c1-11(2)23-10-15-5-4-6-16(12(15)3)21-19(22)17-13-7-8-14(9-13)18(17)20/h4-6,11,13-14,17-18H,7-10,20H2,1-3H3,(H,21,22). The number of fused-ring (bicyclic) bond motifs is 2. The fourth-order valence-corrected chi connectivity index (χ4v) is 5.00. The smallest absolute Gasteiger partial charge is 0.229 e. The molecule has 3 rings (SSSR count). The number of nitrogens with two attached hydrogens (primary N) is 1. The van der Waals surface area contributed by atoms with Gasteiger partial charge in [0.1, 0.15) is 0 Å². The van der Waals surface area contributed by atoms with Crippen LogP contribution in [-0.2, 0) is 10.5 Å². The molecule has 126 valence electrons. The van der Waals surface area contributed by atoms with Gasteiger partial charge >= 0.3 is 0 Å². The number of hydrogen-bond acceptors (Lipinski definition) is 3. The fraction of sp³-hybridized carbons (Fsp3) is 0.632. The number of amides is 1. The third-order valence-electron chi connectivity index (χ3n) is 5.56. The van der Waals surface area contributed by atoms with E-state index in [4.69, 9.17) is 5.73 Å². The summed E-state index contributed by atoms with van der Waals surface area (Å²) in [6, 6.07) is 6.26. The van der Waals surface area contributed by atoms with Crippen LogP contribution in [0.3, 0.4) is 0 Å². The van der Waals surface area contributed by atoms with Crippen molar-refractivity contribution in [3.63, 3.8) is 0 Å². The molecule has 0 aliphatic heterocycles. The number of carbonyl (C=O) groups is 1. The van der Waals surface area contributed by atoms with E-state index in [1.54, 1.807) is 0 Å². The maximum atomic E-state index is 12.7. The SMILES string of the molecule is Cc1c(CSC(C)C)cccc1NC(=O)C1C2CCC(C2)C1N. The zero-order valence-corrected chi connectivity index (χ0v) is 15.2. The van der Waals surface area contributed by atoms with Crippen LogP contribution in [0.5, 0.6) is 0 Å². The molecule has 2 fully saturated rings. The van der Waals surface area contributed by atoms with E-state index in [0.29, 0.717) is 17.1 Å². The first-order valence-electron chi connectivity index (χ1n) is 8.74. The van der Waals surface area contributed by atoms with Gasteiger partial charge in [-0.3, -0.25) is 4.79 Å². The molecule has 4 heteroatoms. The first-order chi connectivity index (χ1) is 11.0. The van der Waals surface area contributed by atoms with Crippen molar-refractivity contribution >= 4 is 23.4 Å². The first kappa shape index (κ1) is 16.8. The largest absolute Gasteiger partial charge is 0.327 e. The number of nitrogens with one attached hydrogen (secondary N) is 1.